The van der Waals surface area contributed by atoms with Crippen LogP contribution in [0.1, 0.15) is 5.56 Å². The van der Waals surface area contributed by atoms with Gasteiger partial charge in [0.25, 0.3) is 0 Å². The molecule has 9 heteroatoms. The first-order valence-electron chi connectivity index (χ1n) is 8.80. The van der Waals surface area contributed by atoms with Gasteiger partial charge in [-0.25, -0.2) is 12.8 Å². The van der Waals surface area contributed by atoms with Crippen molar-refractivity contribution in [2.75, 3.05) is 38.0 Å². The zero-order chi connectivity index (χ0) is 20.3. The van der Waals surface area contributed by atoms with Gasteiger partial charge in [-0.15, -0.1) is 0 Å². The van der Waals surface area contributed by atoms with Gasteiger partial charge in [-0.05, 0) is 36.8 Å². The van der Waals surface area contributed by atoms with Gasteiger partial charge in [-0.3, -0.25) is 9.69 Å². The largest absolute Gasteiger partial charge is 0.325 e. The number of hydrogen-bond donors (Lipinski definition) is 1. The third kappa shape index (κ3) is 4.70. The van der Waals surface area contributed by atoms with Crippen molar-refractivity contribution in [2.45, 2.75) is 11.8 Å². The molecule has 1 fully saturated rings. The molecular weight excluding hydrogens is 405 g/mol. The average Bonchev–Trinajstić information content (AvgIpc) is 2.65. The molecule has 6 nitrogen and oxygen atoms in total. The lowest BCUT2D eigenvalue weighted by Gasteiger charge is -2.33. The van der Waals surface area contributed by atoms with E-state index in [1.807, 2.05) is 17.9 Å². The van der Waals surface area contributed by atoms with Crippen molar-refractivity contribution in [3.05, 3.63) is 58.9 Å². The number of rotatable bonds is 5. The Labute approximate surface area is 168 Å². The maximum atomic E-state index is 13.9. The molecule has 0 atom stereocenters. The van der Waals surface area contributed by atoms with E-state index in [1.165, 1.54) is 22.5 Å². The van der Waals surface area contributed by atoms with Crippen LogP contribution in [0, 0.1) is 12.7 Å². The van der Waals surface area contributed by atoms with Gasteiger partial charge in [-0.1, -0.05) is 29.8 Å². The van der Waals surface area contributed by atoms with Crippen LogP contribution in [-0.4, -0.2) is 56.3 Å². The van der Waals surface area contributed by atoms with E-state index in [1.54, 1.807) is 12.1 Å². The molecule has 0 aliphatic carbocycles. The first-order chi connectivity index (χ1) is 13.3. The summed E-state index contributed by atoms with van der Waals surface area (Å²) in [5.41, 5.74) is 1.54. The van der Waals surface area contributed by atoms with Crippen molar-refractivity contribution in [3.8, 4) is 0 Å². The van der Waals surface area contributed by atoms with Crippen molar-refractivity contribution >= 4 is 33.2 Å². The van der Waals surface area contributed by atoms with E-state index in [9.17, 15) is 17.6 Å². The molecule has 150 valence electrons. The van der Waals surface area contributed by atoms with E-state index in [0.717, 1.165) is 11.6 Å². The second-order valence-electron chi connectivity index (χ2n) is 6.62. The van der Waals surface area contributed by atoms with Crippen molar-refractivity contribution in [2.24, 2.45) is 0 Å². The number of aryl methyl sites for hydroxylation is 1. The SMILES string of the molecule is Cc1ccc(NC(=O)CN2CCN(S(=O)(=O)c3ccccc3F)CC2)cc1Cl. The highest BCUT2D eigenvalue weighted by molar-refractivity contribution is 7.89. The standard InChI is InChI=1S/C19H21ClFN3O3S/c1-14-6-7-15(12-16(14)20)22-19(25)13-23-8-10-24(11-9-23)28(26,27)18-5-3-2-4-17(18)21/h2-7,12H,8-11,13H2,1H3,(H,22,25). The number of halogens is 2. The summed E-state index contributed by atoms with van der Waals surface area (Å²) in [6.07, 6.45) is 0. The number of carbonyl (C=O) groups is 1. The second-order valence-corrected chi connectivity index (χ2v) is 8.94. The van der Waals surface area contributed by atoms with Gasteiger partial charge < -0.3 is 5.32 Å². The minimum Gasteiger partial charge on any atom is -0.325 e. The van der Waals surface area contributed by atoms with Crippen LogP contribution >= 0.6 is 11.6 Å². The number of anilines is 1. The minimum absolute atomic E-state index is 0.138. The Morgan fingerprint density at radius 2 is 1.82 bits per heavy atom. The number of carbonyl (C=O) groups excluding carboxylic acids is 1. The molecule has 1 amide bonds. The number of nitrogens with zero attached hydrogens (tertiary/aromatic N) is 2. The van der Waals surface area contributed by atoms with E-state index in [2.05, 4.69) is 5.32 Å². The molecule has 2 aromatic rings. The molecule has 0 aromatic heterocycles. The normalized spacial score (nSPS) is 16.1. The predicted octanol–water partition coefficient (Wildman–Crippen LogP) is 2.73. The average molecular weight is 426 g/mol. The second kappa shape index (κ2) is 8.57. The first-order valence-corrected chi connectivity index (χ1v) is 10.6. The molecule has 1 saturated heterocycles. The Morgan fingerprint density at radius 3 is 2.46 bits per heavy atom. The van der Waals surface area contributed by atoms with Crippen LogP contribution in [0.15, 0.2) is 47.4 Å². The summed E-state index contributed by atoms with van der Waals surface area (Å²) in [5, 5.41) is 3.36. The Hall–Kier alpha value is -2.00. The summed E-state index contributed by atoms with van der Waals surface area (Å²) in [4.78, 5) is 13.8. The van der Waals surface area contributed by atoms with Gasteiger partial charge in [0.1, 0.15) is 10.7 Å². The van der Waals surface area contributed by atoms with Crippen LogP contribution in [0.3, 0.4) is 0 Å². The van der Waals surface area contributed by atoms with Gasteiger partial charge in [-0.2, -0.15) is 4.31 Å². The highest BCUT2D eigenvalue weighted by Gasteiger charge is 2.30. The first kappa shape index (κ1) is 20.7. The Kier molecular flexibility index (Phi) is 6.34. The van der Waals surface area contributed by atoms with Gasteiger partial charge >= 0.3 is 0 Å². The zero-order valence-corrected chi connectivity index (χ0v) is 16.9. The molecule has 0 unspecified atom stereocenters. The van der Waals surface area contributed by atoms with Crippen molar-refractivity contribution < 1.29 is 17.6 Å². The van der Waals surface area contributed by atoms with Crippen LogP contribution in [0.4, 0.5) is 10.1 Å². The highest BCUT2D eigenvalue weighted by atomic mass is 35.5. The third-order valence-corrected chi connectivity index (χ3v) is 6.95. The van der Waals surface area contributed by atoms with E-state index in [-0.39, 0.29) is 30.4 Å². The maximum absolute atomic E-state index is 13.9. The van der Waals surface area contributed by atoms with E-state index >= 15 is 0 Å². The lowest BCUT2D eigenvalue weighted by Crippen LogP contribution is -2.50. The number of amides is 1. The summed E-state index contributed by atoms with van der Waals surface area (Å²) in [7, 11) is -3.89. The zero-order valence-electron chi connectivity index (χ0n) is 15.4. The monoisotopic (exact) mass is 425 g/mol. The molecule has 2 aromatic carbocycles. The fraction of sp³-hybridized carbons (Fsp3) is 0.316. The van der Waals surface area contributed by atoms with Crippen LogP contribution in [0.5, 0.6) is 0 Å². The van der Waals surface area contributed by atoms with E-state index in [4.69, 9.17) is 11.6 Å². The van der Waals surface area contributed by atoms with Gasteiger partial charge in [0.05, 0.1) is 6.54 Å². The van der Waals surface area contributed by atoms with Crippen LogP contribution < -0.4 is 5.32 Å². The molecule has 1 aliphatic heterocycles. The number of sulfonamides is 1. The Bertz CT molecular complexity index is 976. The van der Waals surface area contributed by atoms with Gasteiger partial charge in [0.15, 0.2) is 0 Å². The van der Waals surface area contributed by atoms with Crippen LogP contribution in [0.2, 0.25) is 5.02 Å². The quantitative estimate of drug-likeness (QED) is 0.799. The molecule has 28 heavy (non-hydrogen) atoms. The van der Waals surface area contributed by atoms with Crippen molar-refractivity contribution in [3.63, 3.8) is 0 Å². The Balaban J connectivity index is 1.56. The molecule has 0 spiro atoms. The molecule has 0 bridgehead atoms. The van der Waals surface area contributed by atoms with E-state index < -0.39 is 15.8 Å². The molecule has 0 saturated carbocycles. The van der Waals surface area contributed by atoms with Crippen molar-refractivity contribution in [1.82, 2.24) is 9.21 Å². The topological polar surface area (TPSA) is 69.7 Å². The van der Waals surface area contributed by atoms with Crippen LogP contribution in [0.25, 0.3) is 0 Å². The Morgan fingerprint density at radius 1 is 1.14 bits per heavy atom. The summed E-state index contributed by atoms with van der Waals surface area (Å²) in [6, 6.07) is 10.6. The lowest BCUT2D eigenvalue weighted by atomic mass is 10.2. The third-order valence-electron chi connectivity index (χ3n) is 4.61. The van der Waals surface area contributed by atoms with Gasteiger partial charge in [0.2, 0.25) is 15.9 Å². The molecule has 3 rings (SSSR count). The molecule has 1 aliphatic rings. The van der Waals surface area contributed by atoms with E-state index in [0.29, 0.717) is 23.8 Å². The summed E-state index contributed by atoms with van der Waals surface area (Å²) in [5.74, 6) is -0.966. The molecule has 0 radical (unpaired) electrons. The minimum atomic E-state index is -3.89. The molecule has 1 N–H and O–H groups in total. The highest BCUT2D eigenvalue weighted by Crippen LogP contribution is 2.21. The predicted molar refractivity (Wildman–Crippen MR) is 106 cm³/mol. The summed E-state index contributed by atoms with van der Waals surface area (Å²) in [6.45, 7) is 3.17. The smallest absolute Gasteiger partial charge is 0.246 e. The van der Waals surface area contributed by atoms with Crippen LogP contribution in [-0.2, 0) is 14.8 Å². The maximum Gasteiger partial charge on any atom is 0.246 e. The fourth-order valence-electron chi connectivity index (χ4n) is 3.00. The summed E-state index contributed by atoms with van der Waals surface area (Å²) >= 11 is 6.06. The number of benzene rings is 2. The molecular formula is C19H21ClFN3O3S. The number of nitrogens with one attached hydrogen (secondary N) is 1. The summed E-state index contributed by atoms with van der Waals surface area (Å²) < 4.78 is 40.3. The lowest BCUT2D eigenvalue weighted by molar-refractivity contribution is -0.117. The fourth-order valence-corrected chi connectivity index (χ4v) is 4.66. The number of piperazine rings is 1. The van der Waals surface area contributed by atoms with Crippen molar-refractivity contribution in [1.29, 1.82) is 0 Å². The number of hydrogen-bond acceptors (Lipinski definition) is 4. The van der Waals surface area contributed by atoms with Gasteiger partial charge in [0, 0.05) is 36.9 Å². The molecule has 1 heterocycles.